The molecule has 160 valence electrons. The van der Waals surface area contributed by atoms with Gasteiger partial charge in [0.2, 0.25) is 0 Å². The van der Waals surface area contributed by atoms with E-state index in [1.807, 2.05) is 0 Å². The molecule has 0 radical (unpaired) electrons. The summed E-state index contributed by atoms with van der Waals surface area (Å²) < 4.78 is 45.4. The molecular weight excluding hydrogens is 413 g/mol. The number of amides is 2. The maximum atomic E-state index is 13.1. The molecule has 1 aromatic heterocycles. The number of halogens is 3. The van der Waals surface area contributed by atoms with E-state index in [0.29, 0.717) is 17.9 Å². The number of benzene rings is 2. The van der Waals surface area contributed by atoms with E-state index in [1.54, 1.807) is 37.3 Å². The maximum Gasteiger partial charge on any atom is 0.416 e. The van der Waals surface area contributed by atoms with E-state index in [2.05, 4.69) is 10.4 Å². The second-order valence-electron chi connectivity index (χ2n) is 6.90. The van der Waals surface area contributed by atoms with E-state index in [1.165, 1.54) is 21.7 Å². The molecule has 2 heterocycles. The van der Waals surface area contributed by atoms with Crippen LogP contribution in [0, 0.1) is 6.92 Å². The number of aryl methyl sites for hydroxylation is 1. The van der Waals surface area contributed by atoms with Gasteiger partial charge in [-0.1, -0.05) is 12.1 Å². The van der Waals surface area contributed by atoms with E-state index < -0.39 is 23.7 Å². The smallest absolute Gasteiger partial charge is 0.416 e. The average molecular weight is 430 g/mol. The highest BCUT2D eigenvalue weighted by atomic mass is 19.4. The highest BCUT2D eigenvalue weighted by Gasteiger charge is 2.31. The lowest BCUT2D eigenvalue weighted by Crippen LogP contribution is -2.24. The van der Waals surface area contributed by atoms with Crippen LogP contribution in [0.3, 0.4) is 0 Å². The number of hydrogen-bond donors (Lipinski definition) is 1. The third-order valence-corrected chi connectivity index (χ3v) is 4.67. The highest BCUT2D eigenvalue weighted by molar-refractivity contribution is 6.05. The van der Waals surface area contributed by atoms with Crippen molar-refractivity contribution in [2.24, 2.45) is 0 Å². The first kappa shape index (κ1) is 20.5. The number of carbonyl (C=O) groups is 2. The van der Waals surface area contributed by atoms with Gasteiger partial charge in [0.1, 0.15) is 12.4 Å². The van der Waals surface area contributed by atoms with E-state index >= 15 is 0 Å². The molecule has 31 heavy (non-hydrogen) atoms. The summed E-state index contributed by atoms with van der Waals surface area (Å²) in [6.07, 6.45) is -4.99. The first-order valence-electron chi connectivity index (χ1n) is 9.32. The van der Waals surface area contributed by atoms with Crippen LogP contribution in [0.15, 0.2) is 54.6 Å². The van der Waals surface area contributed by atoms with Crippen molar-refractivity contribution in [3.63, 3.8) is 0 Å². The highest BCUT2D eigenvalue weighted by Crippen LogP contribution is 2.31. The van der Waals surface area contributed by atoms with Crippen molar-refractivity contribution >= 4 is 23.5 Å². The number of rotatable bonds is 4. The number of anilines is 2. The Bertz CT molecular complexity index is 1160. The van der Waals surface area contributed by atoms with Crippen LogP contribution in [0.1, 0.15) is 21.6 Å². The SMILES string of the molecule is Cc1cc(NC(=O)c2cccc(N3CCOC3=O)c2)n(-c2cccc(C(F)(F)F)c2)n1. The summed E-state index contributed by atoms with van der Waals surface area (Å²) in [5.74, 6) is -0.282. The van der Waals surface area contributed by atoms with Gasteiger partial charge in [0, 0.05) is 17.3 Å². The van der Waals surface area contributed by atoms with Crippen molar-refractivity contribution in [2.45, 2.75) is 13.1 Å². The Kier molecular flexibility index (Phi) is 5.14. The Balaban J connectivity index is 1.61. The number of nitrogens with zero attached hydrogens (tertiary/aromatic N) is 3. The first-order valence-corrected chi connectivity index (χ1v) is 9.32. The van der Waals surface area contributed by atoms with Crippen LogP contribution >= 0.6 is 0 Å². The fourth-order valence-electron chi connectivity index (χ4n) is 3.23. The van der Waals surface area contributed by atoms with Crippen LogP contribution in [0.5, 0.6) is 0 Å². The van der Waals surface area contributed by atoms with E-state index in [-0.39, 0.29) is 23.7 Å². The third-order valence-electron chi connectivity index (χ3n) is 4.67. The minimum absolute atomic E-state index is 0.159. The Hall–Kier alpha value is -3.82. The number of hydrogen-bond acceptors (Lipinski definition) is 4. The molecule has 1 N–H and O–H groups in total. The Morgan fingerprint density at radius 1 is 1.10 bits per heavy atom. The van der Waals surface area contributed by atoms with Crippen LogP contribution in [0.4, 0.5) is 29.5 Å². The average Bonchev–Trinajstić information content (AvgIpc) is 3.32. The summed E-state index contributed by atoms with van der Waals surface area (Å²) in [6, 6.07) is 12.6. The summed E-state index contributed by atoms with van der Waals surface area (Å²) in [4.78, 5) is 26.0. The largest absolute Gasteiger partial charge is 0.447 e. The van der Waals surface area contributed by atoms with Crippen LogP contribution in [0.25, 0.3) is 5.69 Å². The number of ether oxygens (including phenoxy) is 1. The minimum atomic E-state index is -4.50. The fraction of sp³-hybridized carbons (Fsp3) is 0.190. The number of carbonyl (C=O) groups excluding carboxylic acids is 2. The number of nitrogens with one attached hydrogen (secondary N) is 1. The molecule has 1 saturated heterocycles. The first-order chi connectivity index (χ1) is 14.7. The summed E-state index contributed by atoms with van der Waals surface area (Å²) in [5, 5.41) is 6.89. The lowest BCUT2D eigenvalue weighted by molar-refractivity contribution is -0.137. The Labute approximate surface area is 175 Å². The van der Waals surface area contributed by atoms with E-state index in [4.69, 9.17) is 4.74 Å². The normalized spacial score (nSPS) is 13.9. The number of cyclic esters (lactones) is 1. The zero-order valence-electron chi connectivity index (χ0n) is 16.3. The number of aromatic nitrogens is 2. The monoisotopic (exact) mass is 430 g/mol. The Morgan fingerprint density at radius 3 is 2.55 bits per heavy atom. The fourth-order valence-corrected chi connectivity index (χ4v) is 3.23. The molecule has 10 heteroatoms. The Morgan fingerprint density at radius 2 is 1.84 bits per heavy atom. The minimum Gasteiger partial charge on any atom is -0.447 e. The molecule has 0 bridgehead atoms. The molecule has 0 aliphatic carbocycles. The van der Waals surface area contributed by atoms with E-state index in [9.17, 15) is 22.8 Å². The molecule has 1 fully saturated rings. The second-order valence-corrected chi connectivity index (χ2v) is 6.90. The summed E-state index contributed by atoms with van der Waals surface area (Å²) in [6.45, 7) is 2.31. The van der Waals surface area contributed by atoms with Crippen LogP contribution < -0.4 is 10.2 Å². The van der Waals surface area contributed by atoms with Crippen molar-refractivity contribution in [2.75, 3.05) is 23.4 Å². The molecule has 7 nitrogen and oxygen atoms in total. The standard InChI is InChI=1S/C21H17F3N4O3/c1-13-10-18(28(26-13)17-7-3-5-15(12-17)21(22,23)24)25-19(29)14-4-2-6-16(11-14)27-8-9-31-20(27)30/h2-7,10-12H,8-9H2,1H3,(H,25,29). The predicted molar refractivity (Wildman–Crippen MR) is 106 cm³/mol. The second kappa shape index (κ2) is 7.78. The van der Waals surface area contributed by atoms with Crippen LogP contribution in [0.2, 0.25) is 0 Å². The quantitative estimate of drug-likeness (QED) is 0.665. The van der Waals surface area contributed by atoms with Crippen molar-refractivity contribution in [1.29, 1.82) is 0 Å². The molecular formula is C21H17F3N4O3. The van der Waals surface area contributed by atoms with Crippen molar-refractivity contribution in [3.05, 3.63) is 71.4 Å². The molecule has 4 rings (SSSR count). The van der Waals surface area contributed by atoms with Crippen molar-refractivity contribution < 1.29 is 27.5 Å². The summed E-state index contributed by atoms with van der Waals surface area (Å²) in [5.41, 5.74) is 0.637. The number of alkyl halides is 3. The van der Waals surface area contributed by atoms with Gasteiger partial charge < -0.3 is 10.1 Å². The molecule has 2 aromatic carbocycles. The molecule has 1 aliphatic rings. The molecule has 1 aliphatic heterocycles. The molecule has 0 spiro atoms. The van der Waals surface area contributed by atoms with Gasteiger partial charge in [-0.05, 0) is 43.3 Å². The maximum absolute atomic E-state index is 13.1. The van der Waals surface area contributed by atoms with Crippen molar-refractivity contribution in [3.8, 4) is 5.69 Å². The van der Waals surface area contributed by atoms with Crippen LogP contribution in [-0.4, -0.2) is 34.9 Å². The summed E-state index contributed by atoms with van der Waals surface area (Å²) in [7, 11) is 0. The topological polar surface area (TPSA) is 76.5 Å². The van der Waals surface area contributed by atoms with Gasteiger partial charge in [-0.3, -0.25) is 9.69 Å². The molecule has 3 aromatic rings. The molecule has 0 saturated carbocycles. The van der Waals surface area contributed by atoms with Gasteiger partial charge in [-0.2, -0.15) is 18.3 Å². The van der Waals surface area contributed by atoms with Gasteiger partial charge in [0.15, 0.2) is 0 Å². The van der Waals surface area contributed by atoms with Gasteiger partial charge in [0.25, 0.3) is 5.91 Å². The predicted octanol–water partition coefficient (Wildman–Crippen LogP) is 4.41. The molecule has 2 amide bonds. The zero-order valence-corrected chi connectivity index (χ0v) is 16.3. The van der Waals surface area contributed by atoms with Crippen molar-refractivity contribution in [1.82, 2.24) is 9.78 Å². The lowest BCUT2D eigenvalue weighted by atomic mass is 10.1. The summed E-state index contributed by atoms with van der Waals surface area (Å²) >= 11 is 0. The molecule has 0 unspecified atom stereocenters. The van der Waals surface area contributed by atoms with Crippen LogP contribution in [-0.2, 0) is 10.9 Å². The van der Waals surface area contributed by atoms with Gasteiger partial charge in [0.05, 0.1) is 23.5 Å². The third kappa shape index (κ3) is 4.23. The zero-order chi connectivity index (χ0) is 22.2. The molecule has 0 atom stereocenters. The van der Waals surface area contributed by atoms with Gasteiger partial charge in [-0.25, -0.2) is 9.48 Å². The lowest BCUT2D eigenvalue weighted by Gasteiger charge is -2.14. The van der Waals surface area contributed by atoms with Gasteiger partial charge >= 0.3 is 12.3 Å². The van der Waals surface area contributed by atoms with Gasteiger partial charge in [-0.15, -0.1) is 0 Å². The van der Waals surface area contributed by atoms with E-state index in [0.717, 1.165) is 12.1 Å².